The van der Waals surface area contributed by atoms with Crippen LogP contribution in [-0.2, 0) is 24.4 Å². The van der Waals surface area contributed by atoms with E-state index in [1.807, 2.05) is 51.9 Å². The van der Waals surface area contributed by atoms with Crippen LogP contribution in [0.1, 0.15) is 17.0 Å². The summed E-state index contributed by atoms with van der Waals surface area (Å²) in [5, 5.41) is 9.18. The first-order chi connectivity index (χ1) is 16.7. The molecule has 6 nitrogen and oxygen atoms in total. The number of halogens is 1. The van der Waals surface area contributed by atoms with Gasteiger partial charge < -0.3 is 9.64 Å². The number of rotatable bonds is 7. The molecule has 0 radical (unpaired) electrons. The highest BCUT2D eigenvalue weighted by molar-refractivity contribution is 7.99. The zero-order valence-corrected chi connectivity index (χ0v) is 19.2. The quantitative estimate of drug-likeness (QED) is 0.365. The van der Waals surface area contributed by atoms with Crippen molar-refractivity contribution in [1.82, 2.24) is 19.7 Å². The standard InChI is InChI=1S/C26H23FN4O2S/c27-22-12-6-7-13-23(22)33-17-24-28-29-26(31(24)21-10-2-1-3-11-21)34-18-25(32)30-15-14-19-8-4-5-9-20(19)16-30/h1-13H,14-18H2. The number of aromatic nitrogens is 3. The van der Waals surface area contributed by atoms with Crippen LogP contribution in [-0.4, -0.2) is 37.9 Å². The number of nitrogens with zero attached hydrogens (tertiary/aromatic N) is 4. The predicted octanol–water partition coefficient (Wildman–Crippen LogP) is 4.66. The van der Waals surface area contributed by atoms with E-state index < -0.39 is 5.82 Å². The summed E-state index contributed by atoms with van der Waals surface area (Å²) in [6.45, 7) is 1.38. The molecule has 0 unspecified atom stereocenters. The Morgan fingerprint density at radius 1 is 0.941 bits per heavy atom. The number of hydrogen-bond acceptors (Lipinski definition) is 5. The minimum atomic E-state index is -0.434. The minimum Gasteiger partial charge on any atom is -0.483 e. The average molecular weight is 475 g/mol. The van der Waals surface area contributed by atoms with Gasteiger partial charge in [0.2, 0.25) is 5.91 Å². The van der Waals surface area contributed by atoms with Crippen molar-refractivity contribution in [2.24, 2.45) is 0 Å². The fourth-order valence-corrected chi connectivity index (χ4v) is 4.83. The molecule has 4 aromatic rings. The van der Waals surface area contributed by atoms with Crippen LogP contribution in [0.25, 0.3) is 5.69 Å². The highest BCUT2D eigenvalue weighted by Crippen LogP contribution is 2.25. The third kappa shape index (κ3) is 4.82. The number of fused-ring (bicyclic) bond motifs is 1. The molecule has 0 fully saturated rings. The maximum absolute atomic E-state index is 14.0. The highest BCUT2D eigenvalue weighted by Gasteiger charge is 2.22. The number of benzene rings is 3. The fraction of sp³-hybridized carbons (Fsp3) is 0.192. The van der Waals surface area contributed by atoms with E-state index in [1.54, 1.807) is 18.2 Å². The summed E-state index contributed by atoms with van der Waals surface area (Å²) in [6.07, 6.45) is 0.865. The largest absolute Gasteiger partial charge is 0.483 e. The van der Waals surface area contributed by atoms with Gasteiger partial charge in [-0.1, -0.05) is 66.4 Å². The first kappa shape index (κ1) is 22.2. The minimum absolute atomic E-state index is 0.0419. The Labute approximate surface area is 201 Å². The molecule has 0 spiro atoms. The summed E-state index contributed by atoms with van der Waals surface area (Å²) in [7, 11) is 0. The Kier molecular flexibility index (Phi) is 6.58. The van der Waals surface area contributed by atoms with E-state index >= 15 is 0 Å². The van der Waals surface area contributed by atoms with Crippen LogP contribution >= 0.6 is 11.8 Å². The first-order valence-electron chi connectivity index (χ1n) is 11.0. The van der Waals surface area contributed by atoms with Crippen molar-refractivity contribution >= 4 is 17.7 Å². The predicted molar refractivity (Wildman–Crippen MR) is 128 cm³/mol. The van der Waals surface area contributed by atoms with Gasteiger partial charge in [0, 0.05) is 18.8 Å². The van der Waals surface area contributed by atoms with Crippen molar-refractivity contribution in [2.75, 3.05) is 12.3 Å². The molecule has 3 aromatic carbocycles. The monoisotopic (exact) mass is 474 g/mol. The van der Waals surface area contributed by atoms with E-state index in [4.69, 9.17) is 4.74 Å². The van der Waals surface area contributed by atoms with Crippen LogP contribution in [0.5, 0.6) is 5.75 Å². The van der Waals surface area contributed by atoms with Crippen LogP contribution in [0.4, 0.5) is 4.39 Å². The Morgan fingerprint density at radius 2 is 1.68 bits per heavy atom. The lowest BCUT2D eigenvalue weighted by Crippen LogP contribution is -2.37. The summed E-state index contributed by atoms with van der Waals surface area (Å²) in [5.41, 5.74) is 3.36. The van der Waals surface area contributed by atoms with E-state index in [0.717, 1.165) is 12.1 Å². The van der Waals surface area contributed by atoms with Gasteiger partial charge in [-0.2, -0.15) is 0 Å². The van der Waals surface area contributed by atoms with E-state index in [0.29, 0.717) is 24.1 Å². The summed E-state index contributed by atoms with van der Waals surface area (Å²) < 4.78 is 21.5. The van der Waals surface area contributed by atoms with Crippen molar-refractivity contribution < 1.29 is 13.9 Å². The molecule has 1 amide bonds. The zero-order chi connectivity index (χ0) is 23.3. The molecule has 8 heteroatoms. The van der Waals surface area contributed by atoms with Gasteiger partial charge in [-0.15, -0.1) is 10.2 Å². The molecule has 172 valence electrons. The molecule has 1 aliphatic rings. The molecular weight excluding hydrogens is 451 g/mol. The third-order valence-corrected chi connectivity index (χ3v) is 6.63. The van der Waals surface area contributed by atoms with Gasteiger partial charge in [0.15, 0.2) is 22.5 Å². The molecule has 0 bridgehead atoms. The third-order valence-electron chi connectivity index (χ3n) is 5.72. The number of amides is 1. The Hall–Kier alpha value is -3.65. The molecular formula is C26H23FN4O2S. The van der Waals surface area contributed by atoms with E-state index in [2.05, 4.69) is 22.3 Å². The van der Waals surface area contributed by atoms with Gasteiger partial charge in [0.25, 0.3) is 0 Å². The smallest absolute Gasteiger partial charge is 0.233 e. The molecule has 2 heterocycles. The van der Waals surface area contributed by atoms with Gasteiger partial charge in [-0.25, -0.2) is 4.39 Å². The number of carbonyl (C=O) groups is 1. The Morgan fingerprint density at radius 3 is 2.50 bits per heavy atom. The SMILES string of the molecule is O=C(CSc1nnc(COc2ccccc2F)n1-c1ccccc1)N1CCc2ccccc2C1. The van der Waals surface area contributed by atoms with Gasteiger partial charge in [0.1, 0.15) is 6.61 Å². The van der Waals surface area contributed by atoms with Crippen molar-refractivity contribution in [3.8, 4) is 11.4 Å². The molecule has 0 saturated heterocycles. The Bertz CT molecular complexity index is 1290. The second-order valence-electron chi connectivity index (χ2n) is 7.91. The first-order valence-corrected chi connectivity index (χ1v) is 12.0. The number of thioether (sulfide) groups is 1. The zero-order valence-electron chi connectivity index (χ0n) is 18.4. The second-order valence-corrected chi connectivity index (χ2v) is 8.85. The normalized spacial score (nSPS) is 12.9. The van der Waals surface area contributed by atoms with Crippen LogP contribution in [0, 0.1) is 5.82 Å². The summed E-state index contributed by atoms with van der Waals surface area (Å²) in [5.74, 6) is 0.556. The summed E-state index contributed by atoms with van der Waals surface area (Å²) in [4.78, 5) is 14.9. The van der Waals surface area contributed by atoms with Crippen molar-refractivity contribution in [1.29, 1.82) is 0 Å². The van der Waals surface area contributed by atoms with E-state index in [1.165, 1.54) is 29.0 Å². The van der Waals surface area contributed by atoms with E-state index in [9.17, 15) is 9.18 Å². The number of para-hydroxylation sites is 2. The molecule has 1 aliphatic heterocycles. The average Bonchev–Trinajstić information content (AvgIpc) is 3.29. The lowest BCUT2D eigenvalue weighted by atomic mass is 10.00. The molecule has 1 aromatic heterocycles. The summed E-state index contributed by atoms with van der Waals surface area (Å²) in [6, 6.07) is 24.1. The lowest BCUT2D eigenvalue weighted by Gasteiger charge is -2.28. The molecule has 0 aliphatic carbocycles. The van der Waals surface area contributed by atoms with Crippen LogP contribution in [0.15, 0.2) is 84.0 Å². The molecule has 0 N–H and O–H groups in total. The van der Waals surface area contributed by atoms with Crippen molar-refractivity contribution in [2.45, 2.75) is 24.7 Å². The highest BCUT2D eigenvalue weighted by atomic mass is 32.2. The van der Waals surface area contributed by atoms with Gasteiger partial charge in [-0.05, 0) is 41.8 Å². The maximum Gasteiger partial charge on any atom is 0.233 e. The number of carbonyl (C=O) groups excluding carboxylic acids is 1. The van der Waals surface area contributed by atoms with Crippen LogP contribution in [0.3, 0.4) is 0 Å². The van der Waals surface area contributed by atoms with Crippen molar-refractivity contribution in [3.05, 3.63) is 102 Å². The fourth-order valence-electron chi connectivity index (χ4n) is 3.95. The van der Waals surface area contributed by atoms with Gasteiger partial charge >= 0.3 is 0 Å². The summed E-state index contributed by atoms with van der Waals surface area (Å²) >= 11 is 1.34. The molecule has 0 atom stereocenters. The maximum atomic E-state index is 14.0. The number of hydrogen-bond donors (Lipinski definition) is 0. The number of ether oxygens (including phenoxy) is 1. The Balaban J connectivity index is 1.31. The second kappa shape index (κ2) is 10.1. The van der Waals surface area contributed by atoms with Gasteiger partial charge in [-0.3, -0.25) is 9.36 Å². The van der Waals surface area contributed by atoms with Gasteiger partial charge in [0.05, 0.1) is 5.75 Å². The lowest BCUT2D eigenvalue weighted by molar-refractivity contribution is -0.129. The van der Waals surface area contributed by atoms with Crippen LogP contribution in [0.2, 0.25) is 0 Å². The molecule has 5 rings (SSSR count). The van der Waals surface area contributed by atoms with Crippen molar-refractivity contribution in [3.63, 3.8) is 0 Å². The van der Waals surface area contributed by atoms with E-state index in [-0.39, 0.29) is 24.0 Å². The molecule has 0 saturated carbocycles. The topological polar surface area (TPSA) is 60.2 Å². The van der Waals surface area contributed by atoms with Crippen LogP contribution < -0.4 is 4.74 Å². The molecule has 34 heavy (non-hydrogen) atoms.